The maximum atomic E-state index is 13.5. The van der Waals surface area contributed by atoms with Gasteiger partial charge in [0.2, 0.25) is 0 Å². The van der Waals surface area contributed by atoms with Crippen molar-refractivity contribution < 1.29 is 4.39 Å². The highest BCUT2D eigenvalue weighted by molar-refractivity contribution is 5.88. The number of anilines is 2. The molecule has 0 radical (unpaired) electrons. The molecule has 3 N–H and O–H groups in total. The summed E-state index contributed by atoms with van der Waals surface area (Å²) in [5, 5.41) is 4.18. The molecule has 0 saturated carbocycles. The van der Waals surface area contributed by atoms with E-state index in [1.165, 1.54) is 29.6 Å². The predicted molar refractivity (Wildman–Crippen MR) is 89.8 cm³/mol. The van der Waals surface area contributed by atoms with Crippen molar-refractivity contribution in [2.24, 2.45) is 0 Å². The summed E-state index contributed by atoms with van der Waals surface area (Å²) in [6, 6.07) is 10.9. The lowest BCUT2D eigenvalue weighted by molar-refractivity contribution is 0.609. The fraction of sp³-hybridized carbons (Fsp3) is 0.222. The maximum Gasteiger partial charge on any atom is 0.137 e. The number of halogens is 1. The van der Waals surface area contributed by atoms with Gasteiger partial charge in [-0.15, -0.1) is 0 Å². The largest absolute Gasteiger partial charge is 0.399 e. The third-order valence-electron chi connectivity index (χ3n) is 4.40. The van der Waals surface area contributed by atoms with E-state index in [2.05, 4.69) is 27.4 Å². The zero-order valence-corrected chi connectivity index (χ0v) is 12.6. The summed E-state index contributed by atoms with van der Waals surface area (Å²) >= 11 is 0. The molecule has 1 atom stereocenters. The monoisotopic (exact) mass is 308 g/mol. The van der Waals surface area contributed by atoms with Crippen LogP contribution in [0, 0.1) is 5.82 Å². The van der Waals surface area contributed by atoms with E-state index in [1.54, 1.807) is 6.07 Å². The predicted octanol–water partition coefficient (Wildman–Crippen LogP) is 3.32. The minimum absolute atomic E-state index is 0.271. The van der Waals surface area contributed by atoms with Crippen LogP contribution in [0.25, 0.3) is 10.9 Å². The van der Waals surface area contributed by atoms with Crippen LogP contribution in [0.15, 0.2) is 42.7 Å². The summed E-state index contributed by atoms with van der Waals surface area (Å²) in [5.74, 6) is 0.415. The standard InChI is InChI=1S/C18H17FN4/c19-13-3-6-17-16(9-13)18(22-10-21-17)23-15-5-2-11-7-14(20)4-1-12(11)8-15/h1,3-4,6-7,9-10,15H,2,5,8,20H2,(H,21,22,23). The summed E-state index contributed by atoms with van der Waals surface area (Å²) in [6.45, 7) is 0. The first kappa shape index (κ1) is 13.9. The Hall–Kier alpha value is -2.69. The Labute approximate surface area is 133 Å². The van der Waals surface area contributed by atoms with E-state index >= 15 is 0 Å². The molecule has 1 aromatic heterocycles. The van der Waals surface area contributed by atoms with Gasteiger partial charge in [-0.2, -0.15) is 0 Å². The number of aryl methyl sites for hydroxylation is 1. The van der Waals surface area contributed by atoms with Gasteiger partial charge in [0.15, 0.2) is 0 Å². The molecule has 3 aromatic rings. The van der Waals surface area contributed by atoms with Gasteiger partial charge in [0.25, 0.3) is 0 Å². The second-order valence-corrected chi connectivity index (χ2v) is 6.00. The summed E-state index contributed by atoms with van der Waals surface area (Å²) in [6.07, 6.45) is 4.41. The molecule has 0 fully saturated rings. The van der Waals surface area contributed by atoms with Crippen molar-refractivity contribution >= 4 is 22.4 Å². The van der Waals surface area contributed by atoms with Crippen molar-refractivity contribution in [2.75, 3.05) is 11.1 Å². The van der Waals surface area contributed by atoms with Crippen LogP contribution in [0.4, 0.5) is 15.9 Å². The van der Waals surface area contributed by atoms with Crippen LogP contribution in [0.5, 0.6) is 0 Å². The van der Waals surface area contributed by atoms with Gasteiger partial charge in [0, 0.05) is 17.1 Å². The van der Waals surface area contributed by atoms with Gasteiger partial charge in [0.05, 0.1) is 5.52 Å². The molecule has 0 aliphatic heterocycles. The molecule has 0 spiro atoms. The van der Waals surface area contributed by atoms with Crippen molar-refractivity contribution in [1.29, 1.82) is 0 Å². The molecule has 4 rings (SSSR count). The quantitative estimate of drug-likeness (QED) is 0.713. The summed E-state index contributed by atoms with van der Waals surface area (Å²) < 4.78 is 13.5. The number of nitrogens with one attached hydrogen (secondary N) is 1. The lowest BCUT2D eigenvalue weighted by Gasteiger charge is -2.26. The van der Waals surface area contributed by atoms with Crippen LogP contribution >= 0.6 is 0 Å². The zero-order valence-electron chi connectivity index (χ0n) is 12.6. The highest BCUT2D eigenvalue weighted by atomic mass is 19.1. The molecule has 1 heterocycles. The van der Waals surface area contributed by atoms with Crippen LogP contribution in [-0.4, -0.2) is 16.0 Å². The Morgan fingerprint density at radius 1 is 1.09 bits per heavy atom. The van der Waals surface area contributed by atoms with Gasteiger partial charge in [-0.1, -0.05) is 6.07 Å². The molecule has 1 unspecified atom stereocenters. The van der Waals surface area contributed by atoms with Gasteiger partial charge in [-0.3, -0.25) is 0 Å². The van der Waals surface area contributed by atoms with Crippen molar-refractivity contribution in [1.82, 2.24) is 9.97 Å². The zero-order chi connectivity index (χ0) is 15.8. The van der Waals surface area contributed by atoms with Gasteiger partial charge < -0.3 is 11.1 Å². The molecule has 1 aliphatic rings. The molecule has 4 nitrogen and oxygen atoms in total. The first-order valence-electron chi connectivity index (χ1n) is 7.73. The van der Waals surface area contributed by atoms with Gasteiger partial charge in [-0.25, -0.2) is 14.4 Å². The van der Waals surface area contributed by atoms with Gasteiger partial charge in [0.1, 0.15) is 18.0 Å². The smallest absolute Gasteiger partial charge is 0.137 e. The number of aromatic nitrogens is 2. The molecule has 0 amide bonds. The van der Waals surface area contributed by atoms with E-state index in [9.17, 15) is 4.39 Å². The van der Waals surface area contributed by atoms with Crippen LogP contribution in [0.2, 0.25) is 0 Å². The van der Waals surface area contributed by atoms with Crippen molar-refractivity contribution in [3.8, 4) is 0 Å². The fourth-order valence-electron chi connectivity index (χ4n) is 3.24. The average molecular weight is 308 g/mol. The van der Waals surface area contributed by atoms with E-state index in [4.69, 9.17) is 5.73 Å². The number of hydrogen-bond donors (Lipinski definition) is 2. The fourth-order valence-corrected chi connectivity index (χ4v) is 3.24. The van der Waals surface area contributed by atoms with Crippen molar-refractivity contribution in [2.45, 2.75) is 25.3 Å². The normalized spacial score (nSPS) is 17.0. The van der Waals surface area contributed by atoms with Crippen molar-refractivity contribution in [3.05, 3.63) is 59.7 Å². The molecule has 5 heteroatoms. The van der Waals surface area contributed by atoms with E-state index in [0.717, 1.165) is 35.9 Å². The SMILES string of the molecule is Nc1ccc2c(c1)CCC(Nc1ncnc3ccc(F)cc13)C2. The third-order valence-corrected chi connectivity index (χ3v) is 4.40. The number of nitrogens with two attached hydrogens (primary N) is 1. The Morgan fingerprint density at radius 2 is 2.00 bits per heavy atom. The third kappa shape index (κ3) is 2.70. The minimum atomic E-state index is -0.278. The minimum Gasteiger partial charge on any atom is -0.399 e. The molecule has 23 heavy (non-hydrogen) atoms. The molecule has 116 valence electrons. The van der Waals surface area contributed by atoms with Crippen LogP contribution in [0.1, 0.15) is 17.5 Å². The van der Waals surface area contributed by atoms with E-state index in [0.29, 0.717) is 5.82 Å². The number of benzene rings is 2. The molecule has 0 saturated heterocycles. The van der Waals surface area contributed by atoms with Crippen LogP contribution in [-0.2, 0) is 12.8 Å². The average Bonchev–Trinajstić information content (AvgIpc) is 2.55. The number of nitrogen functional groups attached to an aromatic ring is 1. The molecule has 1 aliphatic carbocycles. The summed E-state index contributed by atoms with van der Waals surface area (Å²) in [4.78, 5) is 8.49. The molecule has 2 aromatic carbocycles. The lowest BCUT2D eigenvalue weighted by atomic mass is 9.88. The summed E-state index contributed by atoms with van der Waals surface area (Å²) in [7, 11) is 0. The van der Waals surface area contributed by atoms with Crippen molar-refractivity contribution in [3.63, 3.8) is 0 Å². The first-order valence-corrected chi connectivity index (χ1v) is 7.73. The van der Waals surface area contributed by atoms with E-state index < -0.39 is 0 Å². The highest BCUT2D eigenvalue weighted by Crippen LogP contribution is 2.27. The van der Waals surface area contributed by atoms with E-state index in [-0.39, 0.29) is 11.9 Å². The lowest BCUT2D eigenvalue weighted by Crippen LogP contribution is -2.28. The number of fused-ring (bicyclic) bond motifs is 2. The molecular weight excluding hydrogens is 291 g/mol. The maximum absolute atomic E-state index is 13.5. The van der Waals surface area contributed by atoms with E-state index in [1.807, 2.05) is 6.07 Å². The van der Waals surface area contributed by atoms with Gasteiger partial charge in [-0.05, 0) is 60.7 Å². The highest BCUT2D eigenvalue weighted by Gasteiger charge is 2.19. The summed E-state index contributed by atoms with van der Waals surface area (Å²) in [5.41, 5.74) is 10.0. The van der Waals surface area contributed by atoms with Crippen LogP contribution in [0.3, 0.4) is 0 Å². The number of hydrogen-bond acceptors (Lipinski definition) is 4. The Bertz CT molecular complexity index is 878. The Morgan fingerprint density at radius 3 is 2.91 bits per heavy atom. The number of rotatable bonds is 2. The second-order valence-electron chi connectivity index (χ2n) is 6.00. The second kappa shape index (κ2) is 5.50. The number of nitrogens with zero attached hydrogens (tertiary/aromatic N) is 2. The first-order chi connectivity index (χ1) is 11.2. The van der Waals surface area contributed by atoms with Crippen LogP contribution < -0.4 is 11.1 Å². The Balaban J connectivity index is 1.62. The molecular formula is C18H17FN4. The van der Waals surface area contributed by atoms with Gasteiger partial charge >= 0.3 is 0 Å². The Kier molecular flexibility index (Phi) is 3.33. The molecule has 0 bridgehead atoms. The topological polar surface area (TPSA) is 63.8 Å².